The molecule has 1 aromatic carbocycles. The summed E-state index contributed by atoms with van der Waals surface area (Å²) in [5.74, 6) is -1.20. The summed E-state index contributed by atoms with van der Waals surface area (Å²) in [5, 5.41) is 38.9. The van der Waals surface area contributed by atoms with Gasteiger partial charge in [0.25, 0.3) is 0 Å². The van der Waals surface area contributed by atoms with Crippen LogP contribution in [0, 0.1) is 11.3 Å². The van der Waals surface area contributed by atoms with Gasteiger partial charge in [0.05, 0.1) is 5.92 Å². The number of amides is 1. The molecule has 4 rings (SSSR count). The van der Waals surface area contributed by atoms with Gasteiger partial charge in [-0.1, -0.05) is 51.1 Å². The molecule has 1 aliphatic carbocycles. The van der Waals surface area contributed by atoms with Gasteiger partial charge in [0.2, 0.25) is 5.91 Å². The quantitative estimate of drug-likeness (QED) is 0.282. The normalized spacial score (nSPS) is 21.5. The van der Waals surface area contributed by atoms with Crippen LogP contribution >= 0.6 is 0 Å². The Labute approximate surface area is 248 Å². The highest BCUT2D eigenvalue weighted by molar-refractivity contribution is 5.99. The van der Waals surface area contributed by atoms with Crippen LogP contribution in [0.4, 0.5) is 0 Å². The van der Waals surface area contributed by atoms with E-state index in [2.05, 4.69) is 66.0 Å². The van der Waals surface area contributed by atoms with E-state index in [1.807, 2.05) is 25.7 Å². The topological polar surface area (TPSA) is 147 Å². The van der Waals surface area contributed by atoms with Crippen LogP contribution in [0.2, 0.25) is 0 Å². The van der Waals surface area contributed by atoms with Crippen LogP contribution in [0.1, 0.15) is 45.7 Å². The number of aliphatic hydroxyl groups is 3. The van der Waals surface area contributed by atoms with Gasteiger partial charge in [-0.25, -0.2) is 4.79 Å². The van der Waals surface area contributed by atoms with Gasteiger partial charge in [-0.3, -0.25) is 9.69 Å². The number of hydrogen-bond acceptors (Lipinski definition) is 7. The summed E-state index contributed by atoms with van der Waals surface area (Å²) in [7, 11) is 3.25. The lowest BCUT2D eigenvalue weighted by molar-refractivity contribution is -0.165. The fourth-order valence-corrected chi connectivity index (χ4v) is 5.64. The average Bonchev–Trinajstić information content (AvgIpc) is 3.36. The molecule has 0 saturated carbocycles. The van der Waals surface area contributed by atoms with Crippen molar-refractivity contribution in [1.82, 2.24) is 14.8 Å². The van der Waals surface area contributed by atoms with Gasteiger partial charge in [0.15, 0.2) is 6.10 Å². The molecule has 2 heterocycles. The van der Waals surface area contributed by atoms with E-state index in [-0.39, 0.29) is 17.2 Å². The van der Waals surface area contributed by atoms with Crippen LogP contribution in [0.15, 0.2) is 42.6 Å². The van der Waals surface area contributed by atoms with Crippen LogP contribution in [0.5, 0.6) is 0 Å². The number of ether oxygens (including phenoxy) is 1. The van der Waals surface area contributed by atoms with Crippen molar-refractivity contribution in [2.75, 3.05) is 33.8 Å². The molecule has 232 valence electrons. The molecule has 10 nitrogen and oxygen atoms in total. The highest BCUT2D eigenvalue weighted by atomic mass is 16.5. The molecule has 0 unspecified atom stereocenters. The van der Waals surface area contributed by atoms with E-state index >= 15 is 0 Å². The SMILES string of the molecule is CCN(CC)C(=O)[C@@H]1C=C2c3cccc4[nH]cc(c34)C[C@H]2N(C)C1.CO[C@@H](C(=O)O)[C@H](O)[C@@H](O)[C@H](O)/C=C/C(C)(C)C. The Morgan fingerprint density at radius 1 is 1.17 bits per heavy atom. The van der Waals surface area contributed by atoms with Crippen molar-refractivity contribution in [3.05, 3.63) is 53.8 Å². The molecule has 0 saturated heterocycles. The molecular formula is C32H47N3O7. The van der Waals surface area contributed by atoms with Crippen molar-refractivity contribution in [1.29, 1.82) is 0 Å². The minimum absolute atomic E-state index is 0.0445. The monoisotopic (exact) mass is 585 g/mol. The molecule has 0 fully saturated rings. The van der Waals surface area contributed by atoms with Crippen LogP contribution in [0.25, 0.3) is 16.5 Å². The second-order valence-electron chi connectivity index (χ2n) is 12.1. The van der Waals surface area contributed by atoms with E-state index in [4.69, 9.17) is 5.11 Å². The first-order valence-corrected chi connectivity index (χ1v) is 14.5. The number of H-pyrrole nitrogens is 1. The molecule has 1 aromatic heterocycles. The van der Waals surface area contributed by atoms with E-state index in [0.29, 0.717) is 6.04 Å². The zero-order chi connectivity index (χ0) is 31.4. The highest BCUT2D eigenvalue weighted by Crippen LogP contribution is 2.41. The van der Waals surface area contributed by atoms with Gasteiger partial charge < -0.3 is 35.0 Å². The van der Waals surface area contributed by atoms with Crippen molar-refractivity contribution in [3.8, 4) is 0 Å². The maximum atomic E-state index is 12.9. The van der Waals surface area contributed by atoms with Crippen LogP contribution < -0.4 is 0 Å². The third kappa shape index (κ3) is 7.48. The number of aromatic nitrogens is 1. The van der Waals surface area contributed by atoms with Crippen molar-refractivity contribution >= 4 is 28.4 Å². The van der Waals surface area contributed by atoms with Gasteiger partial charge in [-0.05, 0) is 55.5 Å². The van der Waals surface area contributed by atoms with Crippen LogP contribution in [0.3, 0.4) is 0 Å². The molecule has 6 atom stereocenters. The fourth-order valence-electron chi connectivity index (χ4n) is 5.64. The standard InChI is InChI=1S/C20H25N3O.C12H22O6/c1-4-23(5-2)20(24)14-9-16-15-7-6-8-17-19(15)13(11-21-17)10-18(16)22(3)12-14;1-12(2,3)6-5-7(13)8(14)9(15)10(18-4)11(16)17/h6-9,11,14,18,21H,4-5,10,12H2,1-3H3;5-10,13-15H,1-4H3,(H,16,17)/b;6-5+/t14-,18-;7-,8+,9-,10-/m11/s1. The summed E-state index contributed by atoms with van der Waals surface area (Å²) < 4.78 is 4.55. The zero-order valence-electron chi connectivity index (χ0n) is 25.7. The number of fused-ring (bicyclic) bond motifs is 2. The third-order valence-electron chi connectivity index (χ3n) is 7.96. The predicted molar refractivity (Wildman–Crippen MR) is 163 cm³/mol. The maximum absolute atomic E-state index is 12.9. The smallest absolute Gasteiger partial charge is 0.335 e. The van der Waals surface area contributed by atoms with E-state index in [9.17, 15) is 24.9 Å². The number of carbonyl (C=O) groups is 2. The summed E-state index contributed by atoms with van der Waals surface area (Å²) >= 11 is 0. The fraction of sp³-hybridized carbons (Fsp3) is 0.562. The first kappa shape index (κ1) is 33.5. The Hall–Kier alpha value is -3.02. The molecule has 2 aliphatic rings. The molecule has 1 aliphatic heterocycles. The van der Waals surface area contributed by atoms with Gasteiger partial charge in [-0.2, -0.15) is 0 Å². The summed E-state index contributed by atoms with van der Waals surface area (Å²) in [6.07, 6.45) is 2.09. The lowest BCUT2D eigenvalue weighted by Gasteiger charge is -2.40. The molecule has 0 spiro atoms. The number of aromatic amines is 1. The van der Waals surface area contributed by atoms with E-state index in [1.165, 1.54) is 33.7 Å². The van der Waals surface area contributed by atoms with E-state index in [1.54, 1.807) is 6.08 Å². The molecule has 0 radical (unpaired) electrons. The van der Waals surface area contributed by atoms with Gasteiger partial charge in [-0.15, -0.1) is 0 Å². The largest absolute Gasteiger partial charge is 0.479 e. The Kier molecular flexibility index (Phi) is 11.1. The Morgan fingerprint density at radius 3 is 2.40 bits per heavy atom. The number of likely N-dealkylation sites (N-methyl/N-ethyl adjacent to an activating group) is 1. The molecule has 0 bridgehead atoms. The number of nitrogens with one attached hydrogen (secondary N) is 1. The Morgan fingerprint density at radius 2 is 1.83 bits per heavy atom. The number of carboxylic acid groups (broad SMARTS) is 1. The number of benzene rings is 1. The third-order valence-corrected chi connectivity index (χ3v) is 7.96. The lowest BCUT2D eigenvalue weighted by Crippen LogP contribution is -2.48. The van der Waals surface area contributed by atoms with E-state index < -0.39 is 30.4 Å². The van der Waals surface area contributed by atoms with Crippen LogP contribution in [-0.2, 0) is 20.7 Å². The number of carbonyl (C=O) groups excluding carboxylic acids is 1. The van der Waals surface area contributed by atoms with Crippen molar-refractivity contribution in [3.63, 3.8) is 0 Å². The summed E-state index contributed by atoms with van der Waals surface area (Å²) in [6.45, 7) is 12.2. The summed E-state index contributed by atoms with van der Waals surface area (Å²) in [4.78, 5) is 31.3. The molecule has 5 N–H and O–H groups in total. The number of allylic oxidation sites excluding steroid dienone is 1. The predicted octanol–water partition coefficient (Wildman–Crippen LogP) is 2.68. The highest BCUT2D eigenvalue weighted by Gasteiger charge is 2.37. The van der Waals surface area contributed by atoms with Crippen molar-refractivity contribution in [2.24, 2.45) is 11.3 Å². The number of hydrogen-bond donors (Lipinski definition) is 5. The van der Waals surface area contributed by atoms with Crippen molar-refractivity contribution < 1.29 is 34.8 Å². The number of rotatable bonds is 9. The second kappa shape index (κ2) is 14.0. The molecule has 1 amide bonds. The molecule has 42 heavy (non-hydrogen) atoms. The van der Waals surface area contributed by atoms with Crippen LogP contribution in [-0.4, -0.2) is 111 Å². The van der Waals surface area contributed by atoms with Gasteiger partial charge in [0, 0.05) is 49.9 Å². The Bertz CT molecular complexity index is 1290. The first-order chi connectivity index (χ1) is 19.7. The van der Waals surface area contributed by atoms with Crippen molar-refractivity contribution in [2.45, 2.75) is 71.5 Å². The first-order valence-electron chi connectivity index (χ1n) is 14.5. The summed E-state index contributed by atoms with van der Waals surface area (Å²) in [5.41, 5.74) is 5.01. The second-order valence-corrected chi connectivity index (χ2v) is 12.1. The molecular weight excluding hydrogens is 538 g/mol. The zero-order valence-corrected chi connectivity index (χ0v) is 25.7. The molecule has 10 heteroatoms. The molecule has 2 aromatic rings. The number of aliphatic carboxylic acids is 1. The maximum Gasteiger partial charge on any atom is 0.335 e. The minimum atomic E-state index is -1.72. The van der Waals surface area contributed by atoms with E-state index in [0.717, 1.165) is 33.2 Å². The van der Waals surface area contributed by atoms with Gasteiger partial charge >= 0.3 is 5.97 Å². The average molecular weight is 586 g/mol. The minimum Gasteiger partial charge on any atom is -0.479 e. The van der Waals surface area contributed by atoms with Gasteiger partial charge in [0.1, 0.15) is 18.3 Å². The lowest BCUT2D eigenvalue weighted by atomic mass is 9.79. The summed E-state index contributed by atoms with van der Waals surface area (Å²) in [6, 6.07) is 6.82. The number of carboxylic acids is 1. The number of aliphatic hydroxyl groups excluding tert-OH is 3. The number of nitrogens with zero attached hydrogens (tertiary/aromatic N) is 2. The number of methoxy groups -OCH3 is 1. The Balaban J connectivity index is 0.000000243.